The Kier molecular flexibility index (Phi) is 5.33. The first-order valence-electron chi connectivity index (χ1n) is 5.80. The van der Waals surface area contributed by atoms with Crippen LogP contribution in [0.25, 0.3) is 6.08 Å². The van der Waals surface area contributed by atoms with E-state index in [-0.39, 0.29) is 6.61 Å². The number of para-hydroxylation sites is 1. The van der Waals surface area contributed by atoms with Crippen LogP contribution in [-0.2, 0) is 9.59 Å². The van der Waals surface area contributed by atoms with E-state index in [0.717, 1.165) is 6.08 Å². The molecule has 0 heterocycles. The van der Waals surface area contributed by atoms with Crippen LogP contribution in [0.5, 0.6) is 5.75 Å². The molecule has 0 saturated heterocycles. The average molecular weight is 343 g/mol. The summed E-state index contributed by atoms with van der Waals surface area (Å²) in [5.74, 6) is -1.62. The fraction of sp³-hybridized carbons (Fsp3) is 0.286. The van der Waals surface area contributed by atoms with E-state index in [1.165, 1.54) is 6.08 Å². The largest absolute Gasteiger partial charge is 0.491 e. The van der Waals surface area contributed by atoms with Crippen LogP contribution in [0.4, 0.5) is 0 Å². The van der Waals surface area contributed by atoms with Crippen molar-refractivity contribution in [1.82, 2.24) is 0 Å². The molecule has 1 aromatic rings. The number of ether oxygens (including phenoxy) is 1. The van der Waals surface area contributed by atoms with E-state index < -0.39 is 17.4 Å². The van der Waals surface area contributed by atoms with Crippen LogP contribution >= 0.6 is 15.9 Å². The summed E-state index contributed by atoms with van der Waals surface area (Å²) in [5, 5.41) is 17.7. The number of hydrogen-bond acceptors (Lipinski definition) is 3. The minimum absolute atomic E-state index is 0.0289. The third kappa shape index (κ3) is 4.38. The first kappa shape index (κ1) is 16.2. The van der Waals surface area contributed by atoms with Gasteiger partial charge in [-0.25, -0.2) is 4.79 Å². The summed E-state index contributed by atoms with van der Waals surface area (Å²) in [5.41, 5.74) is -0.480. The number of rotatable bonds is 6. The molecule has 5 nitrogen and oxygen atoms in total. The zero-order valence-electron chi connectivity index (χ0n) is 11.1. The van der Waals surface area contributed by atoms with Gasteiger partial charge in [-0.05, 0) is 41.9 Å². The molecule has 2 N–H and O–H groups in total. The number of carboxylic acids is 2. The summed E-state index contributed by atoms with van der Waals surface area (Å²) >= 11 is 3.31. The van der Waals surface area contributed by atoms with Gasteiger partial charge in [0.25, 0.3) is 0 Å². The topological polar surface area (TPSA) is 83.8 Å². The van der Waals surface area contributed by atoms with Crippen LogP contribution in [0, 0.1) is 5.41 Å². The van der Waals surface area contributed by atoms with Gasteiger partial charge in [-0.15, -0.1) is 0 Å². The molecule has 20 heavy (non-hydrogen) atoms. The molecular formula is C14H15BrO5. The SMILES string of the molecule is CC(C)(COc1c(Br)cccc1C=CC(=O)O)C(=O)O. The molecular weight excluding hydrogens is 328 g/mol. The van der Waals surface area contributed by atoms with Crippen molar-refractivity contribution in [2.45, 2.75) is 13.8 Å². The van der Waals surface area contributed by atoms with E-state index >= 15 is 0 Å². The van der Waals surface area contributed by atoms with Crippen molar-refractivity contribution in [3.8, 4) is 5.75 Å². The molecule has 0 aliphatic heterocycles. The standard InChI is InChI=1S/C14H15BrO5/c1-14(2,13(18)19)8-20-12-9(6-7-11(16)17)4-3-5-10(12)15/h3-7H,8H2,1-2H3,(H,16,17)(H,18,19). The quantitative estimate of drug-likeness (QED) is 0.776. The van der Waals surface area contributed by atoms with Crippen molar-refractivity contribution >= 4 is 33.9 Å². The Morgan fingerprint density at radius 3 is 2.55 bits per heavy atom. The van der Waals surface area contributed by atoms with Crippen molar-refractivity contribution < 1.29 is 24.5 Å². The van der Waals surface area contributed by atoms with Crippen LogP contribution in [0.3, 0.4) is 0 Å². The molecule has 0 atom stereocenters. The number of benzene rings is 1. The first-order chi connectivity index (χ1) is 9.24. The molecule has 6 heteroatoms. The van der Waals surface area contributed by atoms with Crippen molar-refractivity contribution in [2.24, 2.45) is 5.41 Å². The van der Waals surface area contributed by atoms with Gasteiger partial charge in [0.2, 0.25) is 0 Å². The maximum Gasteiger partial charge on any atom is 0.328 e. The zero-order valence-corrected chi connectivity index (χ0v) is 12.7. The van der Waals surface area contributed by atoms with Crippen molar-refractivity contribution in [3.63, 3.8) is 0 Å². The highest BCUT2D eigenvalue weighted by atomic mass is 79.9. The van der Waals surface area contributed by atoms with Gasteiger partial charge in [-0.2, -0.15) is 0 Å². The normalized spacial score (nSPS) is 11.6. The lowest BCUT2D eigenvalue weighted by molar-refractivity contribution is -0.148. The first-order valence-corrected chi connectivity index (χ1v) is 6.59. The summed E-state index contributed by atoms with van der Waals surface area (Å²) < 4.78 is 6.19. The van der Waals surface area contributed by atoms with Gasteiger partial charge >= 0.3 is 11.9 Å². The Bertz CT molecular complexity index is 548. The Hall–Kier alpha value is -1.82. The molecule has 0 saturated carbocycles. The maximum absolute atomic E-state index is 11.0. The molecule has 0 spiro atoms. The van der Waals surface area contributed by atoms with Gasteiger partial charge in [0.05, 0.1) is 9.89 Å². The van der Waals surface area contributed by atoms with Crippen LogP contribution in [0.15, 0.2) is 28.7 Å². The van der Waals surface area contributed by atoms with Gasteiger partial charge in [0, 0.05) is 11.6 Å². The zero-order chi connectivity index (χ0) is 15.3. The van der Waals surface area contributed by atoms with E-state index in [2.05, 4.69) is 15.9 Å². The van der Waals surface area contributed by atoms with E-state index in [0.29, 0.717) is 15.8 Å². The van der Waals surface area contributed by atoms with Crippen molar-refractivity contribution in [2.75, 3.05) is 6.61 Å². The Morgan fingerprint density at radius 2 is 2.00 bits per heavy atom. The van der Waals surface area contributed by atoms with Gasteiger partial charge in [0.15, 0.2) is 0 Å². The number of carbonyl (C=O) groups is 2. The maximum atomic E-state index is 11.0. The highest BCUT2D eigenvalue weighted by Gasteiger charge is 2.28. The van der Waals surface area contributed by atoms with E-state index in [9.17, 15) is 9.59 Å². The minimum Gasteiger partial charge on any atom is -0.491 e. The molecule has 0 fully saturated rings. The van der Waals surface area contributed by atoms with Gasteiger partial charge in [-0.1, -0.05) is 12.1 Å². The molecule has 0 amide bonds. The second-order valence-electron chi connectivity index (χ2n) is 4.81. The molecule has 108 valence electrons. The Balaban J connectivity index is 2.99. The van der Waals surface area contributed by atoms with Crippen molar-refractivity contribution in [1.29, 1.82) is 0 Å². The van der Waals surface area contributed by atoms with Gasteiger partial charge in [0.1, 0.15) is 12.4 Å². The summed E-state index contributed by atoms with van der Waals surface area (Å²) in [6.45, 7) is 3.08. The monoisotopic (exact) mass is 342 g/mol. The fourth-order valence-corrected chi connectivity index (χ4v) is 1.78. The summed E-state index contributed by atoms with van der Waals surface area (Å²) in [7, 11) is 0. The summed E-state index contributed by atoms with van der Waals surface area (Å²) in [6.07, 6.45) is 2.40. The number of hydrogen-bond donors (Lipinski definition) is 2. The highest BCUT2D eigenvalue weighted by molar-refractivity contribution is 9.10. The average Bonchev–Trinajstić information content (AvgIpc) is 2.34. The number of aliphatic carboxylic acids is 2. The molecule has 0 bridgehead atoms. The lowest BCUT2D eigenvalue weighted by Crippen LogP contribution is -2.30. The van der Waals surface area contributed by atoms with Crippen LogP contribution in [-0.4, -0.2) is 28.8 Å². The molecule has 0 aliphatic carbocycles. The van der Waals surface area contributed by atoms with Crippen LogP contribution < -0.4 is 4.74 Å². The van der Waals surface area contributed by atoms with Crippen LogP contribution in [0.1, 0.15) is 19.4 Å². The van der Waals surface area contributed by atoms with Crippen molar-refractivity contribution in [3.05, 3.63) is 34.3 Å². The fourth-order valence-electron chi connectivity index (χ4n) is 1.28. The van der Waals surface area contributed by atoms with Gasteiger partial charge in [-0.3, -0.25) is 4.79 Å². The minimum atomic E-state index is -1.07. The van der Waals surface area contributed by atoms with E-state index in [4.69, 9.17) is 14.9 Å². The molecule has 1 rings (SSSR count). The predicted molar refractivity (Wildman–Crippen MR) is 77.7 cm³/mol. The van der Waals surface area contributed by atoms with E-state index in [1.54, 1.807) is 32.0 Å². The number of carboxylic acid groups (broad SMARTS) is 2. The smallest absolute Gasteiger partial charge is 0.328 e. The molecule has 0 aliphatic rings. The lowest BCUT2D eigenvalue weighted by atomic mass is 9.95. The molecule has 1 aromatic carbocycles. The summed E-state index contributed by atoms with van der Waals surface area (Å²) in [6, 6.07) is 5.16. The van der Waals surface area contributed by atoms with Gasteiger partial charge < -0.3 is 14.9 Å². The third-order valence-corrected chi connectivity index (χ3v) is 3.18. The second kappa shape index (κ2) is 6.56. The lowest BCUT2D eigenvalue weighted by Gasteiger charge is -2.21. The highest BCUT2D eigenvalue weighted by Crippen LogP contribution is 2.31. The molecule has 0 unspecified atom stereocenters. The molecule has 0 radical (unpaired) electrons. The summed E-state index contributed by atoms with van der Waals surface area (Å²) in [4.78, 5) is 21.6. The molecule has 0 aromatic heterocycles. The predicted octanol–water partition coefficient (Wildman–Crippen LogP) is 3.04. The van der Waals surface area contributed by atoms with E-state index in [1.807, 2.05) is 0 Å². The second-order valence-corrected chi connectivity index (χ2v) is 5.66. The Morgan fingerprint density at radius 1 is 1.35 bits per heavy atom. The third-order valence-electron chi connectivity index (χ3n) is 2.56. The Labute approximate surface area is 125 Å². The number of halogens is 1. The van der Waals surface area contributed by atoms with Crippen LogP contribution in [0.2, 0.25) is 0 Å².